The van der Waals surface area contributed by atoms with Crippen LogP contribution in [0.2, 0.25) is 0 Å². The summed E-state index contributed by atoms with van der Waals surface area (Å²) in [4.78, 5) is 26.9. The van der Waals surface area contributed by atoms with Crippen molar-refractivity contribution >= 4 is 11.8 Å². The van der Waals surface area contributed by atoms with Crippen LogP contribution in [0, 0.1) is 0 Å². The first-order valence-electron chi connectivity index (χ1n) is 10.1. The van der Waals surface area contributed by atoms with Gasteiger partial charge in [-0.15, -0.1) is 0 Å². The van der Waals surface area contributed by atoms with Crippen molar-refractivity contribution in [2.75, 3.05) is 26.7 Å². The number of para-hydroxylation sites is 1. The first-order valence-corrected chi connectivity index (χ1v) is 10.1. The molecule has 1 fully saturated rings. The SMILES string of the molecule is COc1ccccc1C(=O)NCCC(=O)NC1CCN(Cc2ccccc2)CC1. The maximum atomic E-state index is 12.3. The van der Waals surface area contributed by atoms with Gasteiger partial charge in [-0.2, -0.15) is 0 Å². The van der Waals surface area contributed by atoms with Crippen LogP contribution >= 0.6 is 0 Å². The fourth-order valence-electron chi connectivity index (χ4n) is 3.59. The van der Waals surface area contributed by atoms with E-state index in [0.29, 0.717) is 17.9 Å². The van der Waals surface area contributed by atoms with Crippen LogP contribution in [0.1, 0.15) is 35.2 Å². The molecule has 2 N–H and O–H groups in total. The molecule has 0 radical (unpaired) electrons. The van der Waals surface area contributed by atoms with Crippen LogP contribution in [0.15, 0.2) is 54.6 Å². The van der Waals surface area contributed by atoms with Gasteiger partial charge >= 0.3 is 0 Å². The van der Waals surface area contributed by atoms with Crippen LogP contribution in [-0.2, 0) is 11.3 Å². The number of ether oxygens (including phenoxy) is 1. The highest BCUT2D eigenvalue weighted by atomic mass is 16.5. The number of nitrogens with zero attached hydrogens (tertiary/aromatic N) is 1. The second-order valence-electron chi connectivity index (χ2n) is 7.31. The Kier molecular flexibility index (Phi) is 7.64. The molecule has 1 heterocycles. The molecule has 6 nitrogen and oxygen atoms in total. The summed E-state index contributed by atoms with van der Waals surface area (Å²) >= 11 is 0. The molecule has 2 aromatic rings. The van der Waals surface area contributed by atoms with Crippen LogP contribution in [0.25, 0.3) is 0 Å². The Labute approximate surface area is 172 Å². The van der Waals surface area contributed by atoms with Gasteiger partial charge in [0.25, 0.3) is 5.91 Å². The Balaban J connectivity index is 1.34. The third-order valence-corrected chi connectivity index (χ3v) is 5.19. The van der Waals surface area contributed by atoms with Crippen molar-refractivity contribution in [2.45, 2.75) is 31.8 Å². The van der Waals surface area contributed by atoms with Gasteiger partial charge in [-0.1, -0.05) is 42.5 Å². The molecule has 0 spiro atoms. The number of methoxy groups -OCH3 is 1. The maximum absolute atomic E-state index is 12.3. The Morgan fingerprint density at radius 2 is 1.72 bits per heavy atom. The smallest absolute Gasteiger partial charge is 0.255 e. The Hall–Kier alpha value is -2.86. The highest BCUT2D eigenvalue weighted by Crippen LogP contribution is 2.17. The number of benzene rings is 2. The zero-order chi connectivity index (χ0) is 20.5. The third-order valence-electron chi connectivity index (χ3n) is 5.19. The second kappa shape index (κ2) is 10.6. The van der Waals surface area contributed by atoms with E-state index in [2.05, 4.69) is 39.8 Å². The number of hydrogen-bond acceptors (Lipinski definition) is 4. The minimum Gasteiger partial charge on any atom is -0.496 e. The molecule has 0 atom stereocenters. The van der Waals surface area contributed by atoms with E-state index < -0.39 is 0 Å². The fourth-order valence-corrected chi connectivity index (χ4v) is 3.59. The second-order valence-corrected chi connectivity index (χ2v) is 7.31. The van der Waals surface area contributed by atoms with E-state index in [9.17, 15) is 9.59 Å². The van der Waals surface area contributed by atoms with Crippen LogP contribution < -0.4 is 15.4 Å². The van der Waals surface area contributed by atoms with Crippen LogP contribution in [0.3, 0.4) is 0 Å². The summed E-state index contributed by atoms with van der Waals surface area (Å²) in [5.41, 5.74) is 1.79. The van der Waals surface area contributed by atoms with Crippen LogP contribution in [0.5, 0.6) is 5.75 Å². The molecule has 2 amide bonds. The van der Waals surface area contributed by atoms with Gasteiger partial charge in [0.1, 0.15) is 5.75 Å². The van der Waals surface area contributed by atoms with Gasteiger partial charge in [-0.3, -0.25) is 14.5 Å². The molecule has 6 heteroatoms. The van der Waals surface area contributed by atoms with Gasteiger partial charge < -0.3 is 15.4 Å². The average molecular weight is 396 g/mol. The average Bonchev–Trinajstić information content (AvgIpc) is 2.75. The largest absolute Gasteiger partial charge is 0.496 e. The molecule has 0 aliphatic carbocycles. The molecule has 154 valence electrons. The lowest BCUT2D eigenvalue weighted by Gasteiger charge is -2.32. The van der Waals surface area contributed by atoms with E-state index in [1.807, 2.05) is 12.1 Å². The number of hydrogen-bond donors (Lipinski definition) is 2. The van der Waals surface area contributed by atoms with E-state index in [-0.39, 0.29) is 24.3 Å². The Bertz CT molecular complexity index is 802. The normalized spacial score (nSPS) is 14.9. The number of carbonyl (C=O) groups excluding carboxylic acids is 2. The lowest BCUT2D eigenvalue weighted by molar-refractivity contribution is -0.122. The molecule has 0 unspecified atom stereocenters. The maximum Gasteiger partial charge on any atom is 0.255 e. The number of amides is 2. The standard InChI is InChI=1S/C23H29N3O3/c1-29-21-10-6-5-9-20(21)23(28)24-14-11-22(27)25-19-12-15-26(16-13-19)17-18-7-3-2-4-8-18/h2-10,19H,11-17H2,1H3,(H,24,28)(H,25,27). The van der Waals surface area contributed by atoms with Crippen molar-refractivity contribution < 1.29 is 14.3 Å². The van der Waals surface area contributed by atoms with Crippen molar-refractivity contribution in [1.82, 2.24) is 15.5 Å². The lowest BCUT2D eigenvalue weighted by Crippen LogP contribution is -2.45. The predicted molar refractivity (Wildman–Crippen MR) is 113 cm³/mol. The number of likely N-dealkylation sites (tertiary alicyclic amines) is 1. The highest BCUT2D eigenvalue weighted by Gasteiger charge is 2.20. The van der Waals surface area contributed by atoms with Crippen molar-refractivity contribution in [3.63, 3.8) is 0 Å². The Morgan fingerprint density at radius 3 is 2.45 bits per heavy atom. The van der Waals surface area contributed by atoms with E-state index in [1.165, 1.54) is 12.7 Å². The number of carbonyl (C=O) groups is 2. The highest BCUT2D eigenvalue weighted by molar-refractivity contribution is 5.97. The van der Waals surface area contributed by atoms with Crippen molar-refractivity contribution in [2.24, 2.45) is 0 Å². The predicted octanol–water partition coefficient (Wildman–Crippen LogP) is 2.60. The molecule has 1 saturated heterocycles. The monoisotopic (exact) mass is 395 g/mol. The molecule has 0 bridgehead atoms. The molecule has 1 aliphatic heterocycles. The zero-order valence-corrected chi connectivity index (χ0v) is 16.9. The minimum atomic E-state index is -0.232. The summed E-state index contributed by atoms with van der Waals surface area (Å²) in [6.07, 6.45) is 2.17. The summed E-state index contributed by atoms with van der Waals surface area (Å²) in [6, 6.07) is 17.7. The van der Waals surface area contributed by atoms with Crippen LogP contribution in [0.4, 0.5) is 0 Å². The van der Waals surface area contributed by atoms with E-state index in [4.69, 9.17) is 4.74 Å². The van der Waals surface area contributed by atoms with Gasteiger partial charge in [0.2, 0.25) is 5.91 Å². The third kappa shape index (κ3) is 6.32. The number of rotatable bonds is 8. The van der Waals surface area contributed by atoms with Gasteiger partial charge in [0, 0.05) is 38.6 Å². The molecule has 1 aliphatic rings. The summed E-state index contributed by atoms with van der Waals surface area (Å²) in [7, 11) is 1.53. The topological polar surface area (TPSA) is 70.7 Å². The van der Waals surface area contributed by atoms with Gasteiger partial charge in [0.05, 0.1) is 12.7 Å². The summed E-state index contributed by atoms with van der Waals surface area (Å²) < 4.78 is 5.20. The number of nitrogens with one attached hydrogen (secondary N) is 2. The molecule has 0 saturated carbocycles. The molecule has 3 rings (SSSR count). The zero-order valence-electron chi connectivity index (χ0n) is 16.9. The fraction of sp³-hybridized carbons (Fsp3) is 0.391. The number of piperidine rings is 1. The van der Waals surface area contributed by atoms with Crippen molar-refractivity contribution in [3.8, 4) is 5.75 Å². The lowest BCUT2D eigenvalue weighted by atomic mass is 10.0. The molecule has 29 heavy (non-hydrogen) atoms. The summed E-state index contributed by atoms with van der Waals surface area (Å²) in [5.74, 6) is 0.271. The Morgan fingerprint density at radius 1 is 1.03 bits per heavy atom. The van der Waals surface area contributed by atoms with E-state index in [1.54, 1.807) is 18.2 Å². The summed E-state index contributed by atoms with van der Waals surface area (Å²) in [5, 5.41) is 5.89. The van der Waals surface area contributed by atoms with Crippen molar-refractivity contribution in [3.05, 3.63) is 65.7 Å². The molecule has 0 aromatic heterocycles. The van der Waals surface area contributed by atoms with Gasteiger partial charge in [-0.25, -0.2) is 0 Å². The minimum absolute atomic E-state index is 0.0214. The summed E-state index contributed by atoms with van der Waals surface area (Å²) in [6.45, 7) is 3.21. The van der Waals surface area contributed by atoms with E-state index in [0.717, 1.165) is 32.5 Å². The van der Waals surface area contributed by atoms with Crippen LogP contribution in [-0.4, -0.2) is 49.5 Å². The van der Waals surface area contributed by atoms with Crippen molar-refractivity contribution in [1.29, 1.82) is 0 Å². The quantitative estimate of drug-likeness (QED) is 0.721. The molecule has 2 aromatic carbocycles. The van der Waals surface area contributed by atoms with Gasteiger partial charge in [-0.05, 0) is 30.5 Å². The first kappa shape index (κ1) is 20.9. The van der Waals surface area contributed by atoms with Gasteiger partial charge in [0.15, 0.2) is 0 Å². The molecular weight excluding hydrogens is 366 g/mol. The first-order chi connectivity index (χ1) is 14.2. The van der Waals surface area contributed by atoms with E-state index >= 15 is 0 Å². The molecular formula is C23H29N3O3.